The maximum Gasteiger partial charge on any atom is 0.194 e. The molecule has 0 saturated heterocycles. The number of rotatable bonds is 3. The summed E-state index contributed by atoms with van der Waals surface area (Å²) in [6.07, 6.45) is 0. The third-order valence-electron chi connectivity index (χ3n) is 3.21. The Hall–Kier alpha value is -2.70. The molecule has 2 aromatic heterocycles. The predicted octanol–water partition coefficient (Wildman–Crippen LogP) is 0.880. The van der Waals surface area contributed by atoms with Crippen LogP contribution in [0.3, 0.4) is 0 Å². The summed E-state index contributed by atoms with van der Waals surface area (Å²) in [6, 6.07) is 7.03. The Morgan fingerprint density at radius 3 is 2.90 bits per heavy atom. The first kappa shape index (κ1) is 12.3. The largest absolute Gasteiger partial charge is 0.497 e. The van der Waals surface area contributed by atoms with Crippen LogP contribution in [0.15, 0.2) is 29.1 Å². The Kier molecular flexibility index (Phi) is 2.94. The van der Waals surface area contributed by atoms with Gasteiger partial charge in [-0.2, -0.15) is 5.21 Å². The van der Waals surface area contributed by atoms with Crippen molar-refractivity contribution in [2.75, 3.05) is 7.11 Å². The number of fused-ring (bicyclic) bond motifs is 1. The number of tetrazole rings is 1. The molecule has 0 aliphatic rings. The van der Waals surface area contributed by atoms with E-state index in [0.717, 1.165) is 11.2 Å². The number of nitrogens with one attached hydrogen (secondary N) is 1. The lowest BCUT2D eigenvalue weighted by atomic mass is 10.1. The lowest BCUT2D eigenvalue weighted by molar-refractivity contribution is 0.415. The molecule has 1 N–H and O–H groups in total. The van der Waals surface area contributed by atoms with Gasteiger partial charge in [0.25, 0.3) is 0 Å². The Bertz CT molecular complexity index is 807. The van der Waals surface area contributed by atoms with Gasteiger partial charge in [0.2, 0.25) is 0 Å². The molecule has 102 valence electrons. The summed E-state index contributed by atoms with van der Waals surface area (Å²) in [7, 11) is 1.58. The Morgan fingerprint density at radius 1 is 1.35 bits per heavy atom. The van der Waals surface area contributed by atoms with Crippen molar-refractivity contribution in [3.05, 3.63) is 46.0 Å². The van der Waals surface area contributed by atoms with E-state index in [4.69, 9.17) is 4.74 Å². The number of nitrogens with zero attached hydrogens (tertiary/aromatic N) is 4. The molecule has 0 fully saturated rings. The Labute approximate surface area is 114 Å². The number of ether oxygens (including phenoxy) is 1. The summed E-state index contributed by atoms with van der Waals surface area (Å²) in [5, 5.41) is 14.5. The maximum atomic E-state index is 12.1. The van der Waals surface area contributed by atoms with Crippen molar-refractivity contribution in [2.24, 2.45) is 0 Å². The smallest absolute Gasteiger partial charge is 0.194 e. The van der Waals surface area contributed by atoms with E-state index in [-0.39, 0.29) is 5.43 Å². The van der Waals surface area contributed by atoms with Gasteiger partial charge in [0.1, 0.15) is 5.75 Å². The maximum absolute atomic E-state index is 12.1. The molecular weight excluding hydrogens is 258 g/mol. The van der Waals surface area contributed by atoms with Crippen molar-refractivity contribution < 1.29 is 4.74 Å². The number of hydrogen-bond donors (Lipinski definition) is 1. The molecule has 3 rings (SSSR count). The SMILES string of the molecule is COc1ccc2c(c1)c(=O)cc(C)n2Cc1nn[nH]n1. The fourth-order valence-electron chi connectivity index (χ4n) is 2.21. The van der Waals surface area contributed by atoms with Crippen LogP contribution in [-0.2, 0) is 6.54 Å². The van der Waals surface area contributed by atoms with E-state index in [1.165, 1.54) is 0 Å². The zero-order chi connectivity index (χ0) is 14.1. The summed E-state index contributed by atoms with van der Waals surface area (Å²) in [6.45, 7) is 2.33. The molecule has 0 atom stereocenters. The number of aryl methyl sites for hydroxylation is 1. The lowest BCUT2D eigenvalue weighted by Gasteiger charge is -2.13. The van der Waals surface area contributed by atoms with Gasteiger partial charge in [-0.25, -0.2) is 0 Å². The van der Waals surface area contributed by atoms with Crippen LogP contribution < -0.4 is 10.2 Å². The van der Waals surface area contributed by atoms with Crippen LogP contribution in [0.1, 0.15) is 11.5 Å². The first-order chi connectivity index (χ1) is 9.69. The van der Waals surface area contributed by atoms with Crippen molar-refractivity contribution in [3.63, 3.8) is 0 Å². The van der Waals surface area contributed by atoms with E-state index in [1.807, 2.05) is 23.6 Å². The third-order valence-corrected chi connectivity index (χ3v) is 3.21. The molecule has 2 heterocycles. The number of benzene rings is 1. The van der Waals surface area contributed by atoms with Gasteiger partial charge in [0, 0.05) is 17.1 Å². The zero-order valence-corrected chi connectivity index (χ0v) is 11.1. The molecule has 7 heteroatoms. The summed E-state index contributed by atoms with van der Waals surface area (Å²) in [5.41, 5.74) is 1.64. The second-order valence-electron chi connectivity index (χ2n) is 4.45. The summed E-state index contributed by atoms with van der Waals surface area (Å²) in [4.78, 5) is 12.1. The minimum absolute atomic E-state index is 0.0271. The molecule has 20 heavy (non-hydrogen) atoms. The van der Waals surface area contributed by atoms with Crippen LogP contribution >= 0.6 is 0 Å². The number of aromatic amines is 1. The fourth-order valence-corrected chi connectivity index (χ4v) is 2.21. The first-order valence-electron chi connectivity index (χ1n) is 6.09. The molecule has 1 aromatic carbocycles. The fraction of sp³-hybridized carbons (Fsp3) is 0.231. The molecule has 3 aromatic rings. The van der Waals surface area contributed by atoms with Crippen LogP contribution in [0.4, 0.5) is 0 Å². The highest BCUT2D eigenvalue weighted by Crippen LogP contribution is 2.19. The van der Waals surface area contributed by atoms with Crippen molar-refractivity contribution in [2.45, 2.75) is 13.5 Å². The lowest BCUT2D eigenvalue weighted by Crippen LogP contribution is -2.13. The molecule has 0 aliphatic heterocycles. The van der Waals surface area contributed by atoms with Crippen molar-refractivity contribution in [3.8, 4) is 5.75 Å². The number of hydrogen-bond acceptors (Lipinski definition) is 5. The molecule has 0 radical (unpaired) electrons. The second kappa shape index (κ2) is 4.76. The van der Waals surface area contributed by atoms with Crippen LogP contribution in [0.5, 0.6) is 5.75 Å². The number of methoxy groups -OCH3 is 1. The van der Waals surface area contributed by atoms with E-state index in [2.05, 4.69) is 20.6 Å². The average molecular weight is 271 g/mol. The molecule has 0 saturated carbocycles. The molecule has 0 spiro atoms. The molecule has 0 unspecified atom stereocenters. The van der Waals surface area contributed by atoms with Gasteiger partial charge in [0.15, 0.2) is 11.3 Å². The molecular formula is C13H13N5O2. The highest BCUT2D eigenvalue weighted by Gasteiger charge is 2.10. The molecule has 7 nitrogen and oxygen atoms in total. The normalized spacial score (nSPS) is 10.9. The van der Waals surface area contributed by atoms with Crippen LogP contribution in [0, 0.1) is 6.92 Å². The second-order valence-corrected chi connectivity index (χ2v) is 4.45. The van der Waals surface area contributed by atoms with E-state index >= 15 is 0 Å². The van der Waals surface area contributed by atoms with Crippen molar-refractivity contribution in [1.29, 1.82) is 0 Å². The predicted molar refractivity (Wildman–Crippen MR) is 72.8 cm³/mol. The molecule has 0 bridgehead atoms. The topological polar surface area (TPSA) is 85.7 Å². The van der Waals surface area contributed by atoms with Crippen LogP contribution in [0.25, 0.3) is 10.9 Å². The third kappa shape index (κ3) is 2.03. The molecule has 0 aliphatic carbocycles. The van der Waals surface area contributed by atoms with E-state index in [9.17, 15) is 4.79 Å². The monoisotopic (exact) mass is 271 g/mol. The highest BCUT2D eigenvalue weighted by molar-refractivity contribution is 5.81. The summed E-state index contributed by atoms with van der Waals surface area (Å²) < 4.78 is 7.14. The summed E-state index contributed by atoms with van der Waals surface area (Å²) in [5.74, 6) is 1.22. The standard InChI is InChI=1S/C13H13N5O2/c1-8-5-12(19)10-6-9(20-2)3-4-11(10)18(8)7-13-14-16-17-15-13/h3-6H,7H2,1-2H3,(H,14,15,16,17). The first-order valence-corrected chi connectivity index (χ1v) is 6.09. The quantitative estimate of drug-likeness (QED) is 0.764. The van der Waals surface area contributed by atoms with Gasteiger partial charge in [-0.3, -0.25) is 4.79 Å². The van der Waals surface area contributed by atoms with Gasteiger partial charge in [0.05, 0.1) is 19.2 Å². The summed E-state index contributed by atoms with van der Waals surface area (Å²) >= 11 is 0. The number of aromatic nitrogens is 5. The van der Waals surface area contributed by atoms with Gasteiger partial charge in [-0.05, 0) is 25.1 Å². The molecule has 0 amide bonds. The van der Waals surface area contributed by atoms with Crippen molar-refractivity contribution in [1.82, 2.24) is 25.2 Å². The van der Waals surface area contributed by atoms with E-state index in [0.29, 0.717) is 23.5 Å². The average Bonchev–Trinajstić information content (AvgIpc) is 2.96. The van der Waals surface area contributed by atoms with Gasteiger partial charge in [-0.15, -0.1) is 10.2 Å². The highest BCUT2D eigenvalue weighted by atomic mass is 16.5. The minimum atomic E-state index is -0.0271. The van der Waals surface area contributed by atoms with Gasteiger partial charge in [-0.1, -0.05) is 5.21 Å². The van der Waals surface area contributed by atoms with E-state index in [1.54, 1.807) is 19.2 Å². The van der Waals surface area contributed by atoms with Gasteiger partial charge >= 0.3 is 0 Å². The van der Waals surface area contributed by atoms with E-state index < -0.39 is 0 Å². The number of pyridine rings is 1. The number of H-pyrrole nitrogens is 1. The van der Waals surface area contributed by atoms with Crippen LogP contribution in [-0.4, -0.2) is 32.3 Å². The van der Waals surface area contributed by atoms with Crippen molar-refractivity contribution >= 4 is 10.9 Å². The van der Waals surface area contributed by atoms with Crippen LogP contribution in [0.2, 0.25) is 0 Å². The Balaban J connectivity index is 2.22. The Morgan fingerprint density at radius 2 is 2.20 bits per heavy atom. The minimum Gasteiger partial charge on any atom is -0.497 e. The van der Waals surface area contributed by atoms with Gasteiger partial charge < -0.3 is 9.30 Å². The zero-order valence-electron chi connectivity index (χ0n) is 11.1.